The second-order valence-electron chi connectivity index (χ2n) is 5.00. The number of rotatable bonds is 5. The second kappa shape index (κ2) is 7.33. The van der Waals surface area contributed by atoms with Crippen LogP contribution in [0.25, 0.3) is 0 Å². The van der Waals surface area contributed by atoms with Gasteiger partial charge in [0, 0.05) is 46.2 Å². The van der Waals surface area contributed by atoms with E-state index >= 15 is 0 Å². The highest BCUT2D eigenvalue weighted by atomic mass is 16.2. The number of hydrogen-bond acceptors (Lipinski definition) is 4. The van der Waals surface area contributed by atoms with Crippen molar-refractivity contribution >= 4 is 11.8 Å². The Labute approximate surface area is 108 Å². The van der Waals surface area contributed by atoms with Crippen LogP contribution in [-0.4, -0.2) is 67.9 Å². The lowest BCUT2D eigenvalue weighted by molar-refractivity contribution is -0.128. The fourth-order valence-corrected chi connectivity index (χ4v) is 1.90. The smallest absolute Gasteiger partial charge is 0.234 e. The minimum atomic E-state index is -0.0166. The number of likely N-dealkylation sites (tertiary alicyclic amines) is 1. The van der Waals surface area contributed by atoms with E-state index in [1.165, 1.54) is 4.90 Å². The fourth-order valence-electron chi connectivity index (χ4n) is 1.90. The molecule has 1 heterocycles. The van der Waals surface area contributed by atoms with Gasteiger partial charge in [-0.05, 0) is 12.8 Å². The van der Waals surface area contributed by atoms with Gasteiger partial charge in [-0.25, -0.2) is 0 Å². The van der Waals surface area contributed by atoms with Gasteiger partial charge in [-0.2, -0.15) is 0 Å². The molecule has 1 saturated heterocycles. The van der Waals surface area contributed by atoms with E-state index in [9.17, 15) is 9.59 Å². The summed E-state index contributed by atoms with van der Waals surface area (Å²) in [4.78, 5) is 26.6. The topological polar surface area (TPSA) is 78.7 Å². The van der Waals surface area contributed by atoms with E-state index < -0.39 is 0 Å². The summed E-state index contributed by atoms with van der Waals surface area (Å²) in [5, 5.41) is 2.77. The second-order valence-corrected chi connectivity index (χ2v) is 5.00. The molecule has 1 aliphatic heterocycles. The number of piperidine rings is 1. The molecule has 0 atom stereocenters. The van der Waals surface area contributed by atoms with Gasteiger partial charge in [0.2, 0.25) is 11.8 Å². The first kappa shape index (κ1) is 14.9. The van der Waals surface area contributed by atoms with Gasteiger partial charge in [0.05, 0.1) is 6.54 Å². The first-order valence-corrected chi connectivity index (χ1v) is 6.44. The molecule has 1 fully saturated rings. The Morgan fingerprint density at radius 2 is 1.94 bits per heavy atom. The molecule has 0 aromatic rings. The molecule has 0 radical (unpaired) electrons. The molecule has 3 N–H and O–H groups in total. The van der Waals surface area contributed by atoms with E-state index in [1.807, 2.05) is 0 Å². The maximum absolute atomic E-state index is 11.6. The van der Waals surface area contributed by atoms with E-state index in [1.54, 1.807) is 14.1 Å². The monoisotopic (exact) mass is 256 g/mol. The van der Waals surface area contributed by atoms with Crippen LogP contribution in [0, 0.1) is 0 Å². The number of nitrogens with one attached hydrogen (secondary N) is 1. The van der Waals surface area contributed by atoms with Crippen LogP contribution in [0.3, 0.4) is 0 Å². The molecule has 1 aliphatic rings. The molecular weight excluding hydrogens is 232 g/mol. The first-order valence-electron chi connectivity index (χ1n) is 6.44. The zero-order valence-corrected chi connectivity index (χ0v) is 11.3. The van der Waals surface area contributed by atoms with Gasteiger partial charge in [-0.15, -0.1) is 0 Å². The summed E-state index contributed by atoms with van der Waals surface area (Å²) in [5.41, 5.74) is 5.80. The van der Waals surface area contributed by atoms with Crippen molar-refractivity contribution in [1.82, 2.24) is 15.1 Å². The minimum absolute atomic E-state index is 0.0166. The van der Waals surface area contributed by atoms with Crippen molar-refractivity contribution < 1.29 is 9.59 Å². The molecule has 0 saturated carbocycles. The highest BCUT2D eigenvalue weighted by Gasteiger charge is 2.18. The molecule has 1 rings (SSSR count). The molecule has 6 heteroatoms. The quantitative estimate of drug-likeness (QED) is 0.661. The van der Waals surface area contributed by atoms with E-state index in [4.69, 9.17) is 5.73 Å². The lowest BCUT2D eigenvalue weighted by atomic mass is 10.1. The van der Waals surface area contributed by atoms with Gasteiger partial charge in [0.25, 0.3) is 0 Å². The molecule has 0 bridgehead atoms. The Hall–Kier alpha value is -1.14. The van der Waals surface area contributed by atoms with E-state index in [0.29, 0.717) is 19.5 Å². The van der Waals surface area contributed by atoms with Crippen LogP contribution < -0.4 is 11.1 Å². The molecule has 0 spiro atoms. The average molecular weight is 256 g/mol. The van der Waals surface area contributed by atoms with Crippen molar-refractivity contribution in [2.45, 2.75) is 25.3 Å². The Balaban J connectivity index is 2.12. The van der Waals surface area contributed by atoms with Gasteiger partial charge in [-0.1, -0.05) is 0 Å². The Kier molecular flexibility index (Phi) is 6.07. The Morgan fingerprint density at radius 1 is 1.33 bits per heavy atom. The van der Waals surface area contributed by atoms with Crippen molar-refractivity contribution in [3.63, 3.8) is 0 Å². The molecule has 104 valence electrons. The molecule has 2 amide bonds. The Morgan fingerprint density at radius 3 is 2.50 bits per heavy atom. The van der Waals surface area contributed by atoms with Crippen LogP contribution in [0.15, 0.2) is 0 Å². The summed E-state index contributed by atoms with van der Waals surface area (Å²) in [7, 11) is 3.42. The number of carbonyl (C=O) groups is 2. The highest BCUT2D eigenvalue weighted by molar-refractivity contribution is 5.80. The van der Waals surface area contributed by atoms with Crippen LogP contribution in [0.2, 0.25) is 0 Å². The third kappa shape index (κ3) is 5.46. The van der Waals surface area contributed by atoms with Crippen LogP contribution in [0.1, 0.15) is 19.3 Å². The summed E-state index contributed by atoms with van der Waals surface area (Å²) in [5.74, 6) is 0.0104. The predicted molar refractivity (Wildman–Crippen MR) is 70.0 cm³/mol. The average Bonchev–Trinajstić information content (AvgIpc) is 2.32. The number of carbonyl (C=O) groups excluding carboxylic acids is 2. The van der Waals surface area contributed by atoms with E-state index in [-0.39, 0.29) is 17.9 Å². The number of amides is 2. The van der Waals surface area contributed by atoms with Crippen molar-refractivity contribution in [2.75, 3.05) is 40.3 Å². The van der Waals surface area contributed by atoms with Gasteiger partial charge in [-0.3, -0.25) is 14.5 Å². The zero-order valence-electron chi connectivity index (χ0n) is 11.3. The maximum atomic E-state index is 11.6. The molecule has 6 nitrogen and oxygen atoms in total. The normalized spacial score (nSPS) is 17.5. The van der Waals surface area contributed by atoms with Crippen LogP contribution >= 0.6 is 0 Å². The number of nitrogens with zero attached hydrogens (tertiary/aromatic N) is 2. The van der Waals surface area contributed by atoms with Gasteiger partial charge < -0.3 is 16.0 Å². The largest absolute Gasteiger partial charge is 0.354 e. The minimum Gasteiger partial charge on any atom is -0.354 e. The van der Waals surface area contributed by atoms with Crippen molar-refractivity contribution in [3.8, 4) is 0 Å². The maximum Gasteiger partial charge on any atom is 0.234 e. The number of hydrogen-bond donors (Lipinski definition) is 2. The van der Waals surface area contributed by atoms with Crippen molar-refractivity contribution in [1.29, 1.82) is 0 Å². The van der Waals surface area contributed by atoms with Crippen molar-refractivity contribution in [3.05, 3.63) is 0 Å². The van der Waals surface area contributed by atoms with Crippen LogP contribution in [0.4, 0.5) is 0 Å². The van der Waals surface area contributed by atoms with Gasteiger partial charge in [0.15, 0.2) is 0 Å². The lowest BCUT2D eigenvalue weighted by Crippen LogP contribution is -2.44. The molecule has 0 aliphatic carbocycles. The first-order chi connectivity index (χ1) is 8.49. The molecule has 0 aromatic carbocycles. The van der Waals surface area contributed by atoms with Crippen LogP contribution in [-0.2, 0) is 9.59 Å². The third-order valence-corrected chi connectivity index (χ3v) is 3.16. The molecule has 0 unspecified atom stereocenters. The summed E-state index contributed by atoms with van der Waals surface area (Å²) in [6, 6.07) is 0.280. The summed E-state index contributed by atoms with van der Waals surface area (Å²) in [6.07, 6.45) is 2.25. The number of nitrogens with two attached hydrogens (primary N) is 1. The molecule has 0 aromatic heterocycles. The van der Waals surface area contributed by atoms with E-state index in [0.717, 1.165) is 25.9 Å². The fraction of sp³-hybridized carbons (Fsp3) is 0.833. The standard InChI is InChI=1S/C12H24N4O2/c1-15(2)12(18)3-6-14-11(17)9-16-7-4-10(13)5-8-16/h10H,3-9,13H2,1-2H3,(H,14,17). The van der Waals surface area contributed by atoms with Crippen molar-refractivity contribution in [2.24, 2.45) is 5.73 Å². The zero-order chi connectivity index (χ0) is 13.5. The Bertz CT molecular complexity index is 286. The molecular formula is C12H24N4O2. The highest BCUT2D eigenvalue weighted by Crippen LogP contribution is 2.07. The SMILES string of the molecule is CN(C)C(=O)CCNC(=O)CN1CCC(N)CC1. The summed E-state index contributed by atoms with van der Waals surface area (Å²) < 4.78 is 0. The predicted octanol–water partition coefficient (Wildman–Crippen LogP) is -0.996. The van der Waals surface area contributed by atoms with Gasteiger partial charge >= 0.3 is 0 Å². The summed E-state index contributed by atoms with van der Waals surface area (Å²) in [6.45, 7) is 2.57. The lowest BCUT2D eigenvalue weighted by Gasteiger charge is -2.29. The van der Waals surface area contributed by atoms with Gasteiger partial charge in [0.1, 0.15) is 0 Å². The van der Waals surface area contributed by atoms with E-state index in [2.05, 4.69) is 10.2 Å². The summed E-state index contributed by atoms with van der Waals surface area (Å²) >= 11 is 0. The third-order valence-electron chi connectivity index (χ3n) is 3.16. The van der Waals surface area contributed by atoms with Crippen LogP contribution in [0.5, 0.6) is 0 Å². The molecule has 18 heavy (non-hydrogen) atoms.